The Kier molecular flexibility index (Phi) is 5.57. The van der Waals surface area contributed by atoms with Gasteiger partial charge in [-0.25, -0.2) is 9.69 Å². The fourth-order valence-electron chi connectivity index (χ4n) is 4.18. The number of urea groups is 1. The molecule has 1 N–H and O–H groups in total. The van der Waals surface area contributed by atoms with Crippen molar-refractivity contribution in [1.82, 2.24) is 5.32 Å². The molecule has 0 bridgehead atoms. The van der Waals surface area contributed by atoms with Crippen molar-refractivity contribution in [3.63, 3.8) is 0 Å². The average Bonchev–Trinajstić information content (AvgIpc) is 2.76. The minimum absolute atomic E-state index is 0.102. The predicted molar refractivity (Wildman–Crippen MR) is 129 cm³/mol. The molecule has 7 heteroatoms. The van der Waals surface area contributed by atoms with Crippen LogP contribution in [0, 0.1) is 0 Å². The zero-order chi connectivity index (χ0) is 23.9. The average molecular weight is 446 g/mol. The van der Waals surface area contributed by atoms with E-state index in [4.69, 9.17) is 4.74 Å². The largest absolute Gasteiger partial charge is 0.494 e. The predicted octanol–water partition coefficient (Wildman–Crippen LogP) is 4.38. The van der Waals surface area contributed by atoms with Gasteiger partial charge in [-0.3, -0.25) is 14.9 Å². The molecule has 2 aromatic rings. The van der Waals surface area contributed by atoms with E-state index in [0.717, 1.165) is 21.7 Å². The molecule has 1 fully saturated rings. The maximum Gasteiger partial charge on any atom is 0.335 e. The summed E-state index contributed by atoms with van der Waals surface area (Å²) >= 11 is 0. The second-order valence-electron chi connectivity index (χ2n) is 8.70. The summed E-state index contributed by atoms with van der Waals surface area (Å²) in [7, 11) is 2.04. The van der Waals surface area contributed by atoms with Crippen LogP contribution in [0.1, 0.15) is 38.8 Å². The smallest absolute Gasteiger partial charge is 0.335 e. The van der Waals surface area contributed by atoms with Gasteiger partial charge in [-0.2, -0.15) is 0 Å². The number of hydrogen-bond acceptors (Lipinski definition) is 5. The van der Waals surface area contributed by atoms with Crippen LogP contribution in [-0.4, -0.2) is 37.0 Å². The standard InChI is InChI=1S/C26H27N3O4/c1-6-33-19-10-8-18(9-11-19)29-24(31)21(23(30)27-25(29)32)14-17-7-12-22-20(13-17)16(2)15-26(3,4)28(22)5/h7-15H,6H2,1-5H3,(H,27,30,32)/b21-14-. The lowest BCUT2D eigenvalue weighted by Crippen LogP contribution is -2.54. The quantitative estimate of drug-likeness (QED) is 0.558. The number of imide groups is 2. The molecule has 2 aliphatic heterocycles. The summed E-state index contributed by atoms with van der Waals surface area (Å²) < 4.78 is 5.42. The topological polar surface area (TPSA) is 79.0 Å². The van der Waals surface area contributed by atoms with E-state index in [9.17, 15) is 14.4 Å². The summed E-state index contributed by atoms with van der Waals surface area (Å²) in [6.45, 7) is 8.72. The van der Waals surface area contributed by atoms with Crippen molar-refractivity contribution in [2.45, 2.75) is 33.2 Å². The Morgan fingerprint density at radius 3 is 2.42 bits per heavy atom. The van der Waals surface area contributed by atoms with Crippen molar-refractivity contribution in [2.75, 3.05) is 23.5 Å². The highest BCUT2D eigenvalue weighted by Gasteiger charge is 2.37. The summed E-state index contributed by atoms with van der Waals surface area (Å²) in [6.07, 6.45) is 3.72. The molecule has 0 saturated carbocycles. The number of hydrogen-bond donors (Lipinski definition) is 1. The molecular weight excluding hydrogens is 418 g/mol. The molecule has 7 nitrogen and oxygen atoms in total. The van der Waals surface area contributed by atoms with E-state index in [1.807, 2.05) is 32.2 Å². The number of ether oxygens (including phenoxy) is 1. The fraction of sp³-hybridized carbons (Fsp3) is 0.269. The highest BCUT2D eigenvalue weighted by atomic mass is 16.5. The zero-order valence-electron chi connectivity index (χ0n) is 19.4. The van der Waals surface area contributed by atoms with Gasteiger partial charge in [0.25, 0.3) is 11.8 Å². The lowest BCUT2D eigenvalue weighted by atomic mass is 9.88. The Hall–Kier alpha value is -3.87. The van der Waals surface area contributed by atoms with E-state index in [1.54, 1.807) is 24.3 Å². The van der Waals surface area contributed by atoms with Crippen molar-refractivity contribution in [2.24, 2.45) is 0 Å². The number of nitrogens with one attached hydrogen (secondary N) is 1. The molecule has 4 rings (SSSR count). The highest BCUT2D eigenvalue weighted by Crippen LogP contribution is 2.38. The molecule has 4 amide bonds. The van der Waals surface area contributed by atoms with Crippen LogP contribution in [0.15, 0.2) is 54.1 Å². The van der Waals surface area contributed by atoms with E-state index < -0.39 is 17.8 Å². The molecule has 2 aromatic carbocycles. The Morgan fingerprint density at radius 1 is 1.06 bits per heavy atom. The number of barbiturate groups is 1. The molecule has 0 unspecified atom stereocenters. The highest BCUT2D eigenvalue weighted by molar-refractivity contribution is 6.39. The molecule has 0 spiro atoms. The normalized spacial score (nSPS) is 18.8. The van der Waals surface area contributed by atoms with Gasteiger partial charge in [-0.1, -0.05) is 12.1 Å². The van der Waals surface area contributed by atoms with Crippen LogP contribution in [0.2, 0.25) is 0 Å². The van der Waals surface area contributed by atoms with Crippen LogP contribution >= 0.6 is 0 Å². The number of anilines is 2. The van der Waals surface area contributed by atoms with Gasteiger partial charge in [0.15, 0.2) is 0 Å². The Balaban J connectivity index is 1.69. The molecule has 0 aliphatic carbocycles. The maximum atomic E-state index is 13.2. The van der Waals surface area contributed by atoms with E-state index in [-0.39, 0.29) is 11.1 Å². The Bertz CT molecular complexity index is 1210. The number of nitrogens with zero attached hydrogens (tertiary/aromatic N) is 2. The van der Waals surface area contributed by atoms with Gasteiger partial charge in [0, 0.05) is 18.3 Å². The van der Waals surface area contributed by atoms with Gasteiger partial charge in [0.1, 0.15) is 11.3 Å². The summed E-state index contributed by atoms with van der Waals surface area (Å²) in [5.41, 5.74) is 4.08. The molecule has 1 saturated heterocycles. The van der Waals surface area contributed by atoms with Gasteiger partial charge in [0.05, 0.1) is 17.8 Å². The van der Waals surface area contributed by atoms with Gasteiger partial charge in [-0.15, -0.1) is 0 Å². The van der Waals surface area contributed by atoms with Crippen LogP contribution in [0.3, 0.4) is 0 Å². The SMILES string of the molecule is CCOc1ccc(N2C(=O)NC(=O)/C(=C/c3ccc4c(c3)C(C)=CC(C)(C)N4C)C2=O)cc1. The van der Waals surface area contributed by atoms with Crippen LogP contribution < -0.4 is 19.9 Å². The number of amides is 4. The van der Waals surface area contributed by atoms with E-state index in [0.29, 0.717) is 23.6 Å². The van der Waals surface area contributed by atoms with Crippen molar-refractivity contribution in [1.29, 1.82) is 0 Å². The second-order valence-corrected chi connectivity index (χ2v) is 8.70. The van der Waals surface area contributed by atoms with Crippen molar-refractivity contribution in [3.8, 4) is 5.75 Å². The van der Waals surface area contributed by atoms with Crippen LogP contribution in [0.4, 0.5) is 16.2 Å². The molecule has 0 aromatic heterocycles. The van der Waals surface area contributed by atoms with Gasteiger partial charge in [0.2, 0.25) is 0 Å². The minimum atomic E-state index is -0.778. The first-order valence-electron chi connectivity index (χ1n) is 10.8. The maximum absolute atomic E-state index is 13.2. The first kappa shape index (κ1) is 22.3. The Morgan fingerprint density at radius 2 is 1.76 bits per heavy atom. The number of carbonyl (C=O) groups excluding carboxylic acids is 3. The van der Waals surface area contributed by atoms with Gasteiger partial charge >= 0.3 is 6.03 Å². The monoisotopic (exact) mass is 445 g/mol. The third kappa shape index (κ3) is 4.02. The third-order valence-electron chi connectivity index (χ3n) is 6.06. The molecule has 0 radical (unpaired) electrons. The van der Waals surface area contributed by atoms with Crippen LogP contribution in [0.25, 0.3) is 11.6 Å². The van der Waals surface area contributed by atoms with E-state index in [2.05, 4.69) is 37.1 Å². The van der Waals surface area contributed by atoms with Crippen LogP contribution in [0.5, 0.6) is 5.75 Å². The molecule has 33 heavy (non-hydrogen) atoms. The van der Waals surface area contributed by atoms with E-state index >= 15 is 0 Å². The first-order valence-corrected chi connectivity index (χ1v) is 10.8. The molecule has 0 atom stereocenters. The number of allylic oxidation sites excluding steroid dienone is 1. The van der Waals surface area contributed by atoms with Crippen LogP contribution in [-0.2, 0) is 9.59 Å². The van der Waals surface area contributed by atoms with Crippen molar-refractivity contribution < 1.29 is 19.1 Å². The first-order chi connectivity index (χ1) is 15.6. The number of fused-ring (bicyclic) bond motifs is 1. The lowest BCUT2D eigenvalue weighted by molar-refractivity contribution is -0.122. The summed E-state index contributed by atoms with van der Waals surface area (Å²) in [5.74, 6) is -0.754. The zero-order valence-corrected chi connectivity index (χ0v) is 19.4. The third-order valence-corrected chi connectivity index (χ3v) is 6.06. The summed E-state index contributed by atoms with van der Waals surface area (Å²) in [4.78, 5) is 41.3. The molecule has 2 aliphatic rings. The van der Waals surface area contributed by atoms with Gasteiger partial charge < -0.3 is 9.64 Å². The number of rotatable bonds is 4. The second kappa shape index (κ2) is 8.24. The molecule has 2 heterocycles. The summed E-state index contributed by atoms with van der Waals surface area (Å²) in [5, 5.41) is 2.27. The summed E-state index contributed by atoms with van der Waals surface area (Å²) in [6, 6.07) is 11.6. The molecular formula is C26H27N3O4. The van der Waals surface area contributed by atoms with Crippen molar-refractivity contribution >= 4 is 40.9 Å². The fourth-order valence-corrected chi connectivity index (χ4v) is 4.18. The molecule has 170 valence electrons. The Labute approximate surface area is 193 Å². The number of carbonyl (C=O) groups is 3. The lowest BCUT2D eigenvalue weighted by Gasteiger charge is -2.40. The number of likely N-dealkylation sites (N-methyl/N-ethyl adjacent to an activating group) is 1. The van der Waals surface area contributed by atoms with Gasteiger partial charge in [-0.05, 0) is 81.3 Å². The van der Waals surface area contributed by atoms with E-state index in [1.165, 1.54) is 6.08 Å². The van der Waals surface area contributed by atoms with Crippen molar-refractivity contribution in [3.05, 3.63) is 65.2 Å². The minimum Gasteiger partial charge on any atom is -0.494 e. The number of benzene rings is 2.